The van der Waals surface area contributed by atoms with Crippen molar-refractivity contribution in [2.45, 2.75) is 0 Å². The fourth-order valence-electron chi connectivity index (χ4n) is 1.78. The smallest absolute Gasteiger partial charge is 0.244 e. The Balaban J connectivity index is 2.01. The topological polar surface area (TPSA) is 75.7 Å². The third-order valence-electron chi connectivity index (χ3n) is 2.74. The first-order valence-electron chi connectivity index (χ1n) is 5.95. The van der Waals surface area contributed by atoms with Gasteiger partial charge in [0.25, 0.3) is 0 Å². The number of hydrogen-bond acceptors (Lipinski definition) is 5. The fraction of sp³-hybridized carbons (Fsp3) is 0.308. The van der Waals surface area contributed by atoms with E-state index in [0.717, 1.165) is 4.90 Å². The Kier molecular flexibility index (Phi) is 4.62. The molecule has 0 atom stereocenters. The molecule has 1 saturated heterocycles. The van der Waals surface area contributed by atoms with Crippen LogP contribution in [0.1, 0.15) is 0 Å². The Hall–Kier alpha value is -2.02. The summed E-state index contributed by atoms with van der Waals surface area (Å²) in [4.78, 5) is 36.1. The van der Waals surface area contributed by atoms with Crippen LogP contribution >= 0.6 is 11.8 Å². The summed E-state index contributed by atoms with van der Waals surface area (Å²) in [6.45, 7) is -0.268. The highest BCUT2D eigenvalue weighted by Crippen LogP contribution is 2.23. The van der Waals surface area contributed by atoms with Crippen LogP contribution in [0.25, 0.3) is 0 Å². The molecule has 1 N–H and O–H groups in total. The first kappa shape index (κ1) is 14.4. The van der Waals surface area contributed by atoms with E-state index in [2.05, 4.69) is 5.32 Å². The van der Waals surface area contributed by atoms with E-state index in [0.29, 0.717) is 11.4 Å². The summed E-state index contributed by atoms with van der Waals surface area (Å²) in [5, 5.41) is 2.63. The molecule has 1 heterocycles. The van der Waals surface area contributed by atoms with Crippen molar-refractivity contribution in [1.82, 2.24) is 4.90 Å². The van der Waals surface area contributed by atoms with E-state index < -0.39 is 5.91 Å². The zero-order valence-corrected chi connectivity index (χ0v) is 11.7. The number of carbonyl (C=O) groups excluding carboxylic acids is 3. The molecule has 106 valence electrons. The first-order valence-corrected chi connectivity index (χ1v) is 7.11. The molecular weight excluding hydrogens is 280 g/mol. The first-order chi connectivity index (χ1) is 9.61. The summed E-state index contributed by atoms with van der Waals surface area (Å²) in [6.07, 6.45) is 0. The molecule has 7 heteroatoms. The van der Waals surface area contributed by atoms with Crippen molar-refractivity contribution in [3.05, 3.63) is 24.3 Å². The van der Waals surface area contributed by atoms with Gasteiger partial charge in [0, 0.05) is 0 Å². The molecule has 1 fully saturated rings. The van der Waals surface area contributed by atoms with Gasteiger partial charge < -0.3 is 10.1 Å². The number of nitrogens with one attached hydrogen (secondary N) is 1. The van der Waals surface area contributed by atoms with Gasteiger partial charge in [-0.2, -0.15) is 0 Å². The molecule has 0 saturated carbocycles. The van der Waals surface area contributed by atoms with Crippen molar-refractivity contribution in [2.75, 3.05) is 30.5 Å². The second kappa shape index (κ2) is 6.42. The lowest BCUT2D eigenvalue weighted by Crippen LogP contribution is -2.46. The minimum atomic E-state index is -0.428. The monoisotopic (exact) mass is 294 g/mol. The maximum absolute atomic E-state index is 11.9. The Morgan fingerprint density at radius 1 is 1.30 bits per heavy atom. The molecule has 0 aliphatic carbocycles. The Morgan fingerprint density at radius 3 is 2.60 bits per heavy atom. The zero-order valence-electron chi connectivity index (χ0n) is 10.9. The number of thioether (sulfide) groups is 1. The summed E-state index contributed by atoms with van der Waals surface area (Å²) in [6, 6.07) is 6.94. The standard InChI is InChI=1S/C13H14N2O4S/c1-19-10-5-3-2-4-9(10)14-11(16)6-15-12(17)7-20-8-13(15)18/h2-5H,6-8H2,1H3,(H,14,16). The van der Waals surface area contributed by atoms with Gasteiger partial charge >= 0.3 is 0 Å². The van der Waals surface area contributed by atoms with Gasteiger partial charge in [-0.1, -0.05) is 12.1 Å². The largest absolute Gasteiger partial charge is 0.495 e. The highest BCUT2D eigenvalue weighted by atomic mass is 32.2. The summed E-state index contributed by atoms with van der Waals surface area (Å²) in [5.41, 5.74) is 0.506. The molecule has 0 unspecified atom stereocenters. The van der Waals surface area contributed by atoms with Gasteiger partial charge in [0.05, 0.1) is 24.3 Å². The van der Waals surface area contributed by atoms with E-state index in [1.807, 2.05) is 0 Å². The van der Waals surface area contributed by atoms with Crippen LogP contribution in [0.5, 0.6) is 5.75 Å². The molecule has 1 aliphatic heterocycles. The van der Waals surface area contributed by atoms with Crippen LogP contribution in [0, 0.1) is 0 Å². The molecule has 0 bridgehead atoms. The lowest BCUT2D eigenvalue weighted by atomic mass is 10.3. The number of anilines is 1. The number of rotatable bonds is 4. The van der Waals surface area contributed by atoms with Gasteiger partial charge in [-0.25, -0.2) is 0 Å². The van der Waals surface area contributed by atoms with Crippen molar-refractivity contribution in [3.63, 3.8) is 0 Å². The van der Waals surface area contributed by atoms with E-state index in [-0.39, 0.29) is 29.9 Å². The summed E-state index contributed by atoms with van der Waals surface area (Å²) >= 11 is 1.26. The van der Waals surface area contributed by atoms with E-state index >= 15 is 0 Å². The number of para-hydroxylation sites is 2. The SMILES string of the molecule is COc1ccccc1NC(=O)CN1C(=O)CSCC1=O. The van der Waals surface area contributed by atoms with Crippen molar-refractivity contribution < 1.29 is 19.1 Å². The molecule has 0 radical (unpaired) electrons. The molecule has 0 spiro atoms. The molecule has 1 aliphatic rings. The number of methoxy groups -OCH3 is 1. The summed E-state index contributed by atoms with van der Waals surface area (Å²) < 4.78 is 5.11. The lowest BCUT2D eigenvalue weighted by Gasteiger charge is -2.23. The minimum Gasteiger partial charge on any atom is -0.495 e. The number of hydrogen-bond donors (Lipinski definition) is 1. The second-order valence-electron chi connectivity index (χ2n) is 4.11. The Labute approximate surface area is 120 Å². The quantitative estimate of drug-likeness (QED) is 0.829. The number of carbonyl (C=O) groups is 3. The van der Waals surface area contributed by atoms with Gasteiger partial charge in [0.1, 0.15) is 12.3 Å². The van der Waals surface area contributed by atoms with Gasteiger partial charge in [0.2, 0.25) is 17.7 Å². The average Bonchev–Trinajstić information content (AvgIpc) is 2.44. The van der Waals surface area contributed by atoms with Crippen LogP contribution in [0.15, 0.2) is 24.3 Å². The Morgan fingerprint density at radius 2 is 1.95 bits per heavy atom. The predicted octanol–water partition coefficient (Wildman–Crippen LogP) is 0.736. The van der Waals surface area contributed by atoms with E-state index in [1.54, 1.807) is 24.3 Å². The zero-order chi connectivity index (χ0) is 14.5. The minimum absolute atomic E-state index is 0.230. The van der Waals surface area contributed by atoms with Gasteiger partial charge in [0.15, 0.2) is 0 Å². The molecule has 3 amide bonds. The van der Waals surface area contributed by atoms with Gasteiger partial charge in [-0.15, -0.1) is 11.8 Å². The van der Waals surface area contributed by atoms with Crippen molar-refractivity contribution in [2.24, 2.45) is 0 Å². The average molecular weight is 294 g/mol. The molecule has 6 nitrogen and oxygen atoms in total. The molecule has 20 heavy (non-hydrogen) atoms. The Bertz CT molecular complexity index is 531. The highest BCUT2D eigenvalue weighted by Gasteiger charge is 2.28. The summed E-state index contributed by atoms with van der Waals surface area (Å²) in [5.74, 6) is -0.111. The normalized spacial score (nSPS) is 15.2. The van der Waals surface area contributed by atoms with Crippen LogP contribution in [0.4, 0.5) is 5.69 Å². The maximum Gasteiger partial charge on any atom is 0.244 e. The third kappa shape index (κ3) is 3.30. The predicted molar refractivity (Wildman–Crippen MR) is 75.7 cm³/mol. The number of imide groups is 1. The molecule has 1 aromatic rings. The number of nitrogens with zero attached hydrogens (tertiary/aromatic N) is 1. The van der Waals surface area contributed by atoms with Gasteiger partial charge in [-0.05, 0) is 12.1 Å². The van der Waals surface area contributed by atoms with E-state index in [1.165, 1.54) is 18.9 Å². The van der Waals surface area contributed by atoms with Crippen LogP contribution in [0.3, 0.4) is 0 Å². The molecular formula is C13H14N2O4S. The third-order valence-corrected chi connectivity index (χ3v) is 3.64. The number of ether oxygens (including phenoxy) is 1. The van der Waals surface area contributed by atoms with E-state index in [9.17, 15) is 14.4 Å². The van der Waals surface area contributed by atoms with Crippen molar-refractivity contribution in [1.29, 1.82) is 0 Å². The van der Waals surface area contributed by atoms with E-state index in [4.69, 9.17) is 4.74 Å². The fourth-order valence-corrected chi connectivity index (χ4v) is 2.54. The molecule has 1 aromatic carbocycles. The lowest BCUT2D eigenvalue weighted by molar-refractivity contribution is -0.144. The van der Waals surface area contributed by atoms with Crippen molar-refractivity contribution in [3.8, 4) is 5.75 Å². The van der Waals surface area contributed by atoms with Crippen LogP contribution in [-0.4, -0.2) is 47.8 Å². The highest BCUT2D eigenvalue weighted by molar-refractivity contribution is 8.00. The van der Waals surface area contributed by atoms with Crippen LogP contribution < -0.4 is 10.1 Å². The maximum atomic E-state index is 11.9. The molecule has 2 rings (SSSR count). The number of benzene rings is 1. The number of amides is 3. The molecule has 0 aromatic heterocycles. The van der Waals surface area contributed by atoms with Crippen LogP contribution in [-0.2, 0) is 14.4 Å². The summed E-state index contributed by atoms with van der Waals surface area (Å²) in [7, 11) is 1.50. The van der Waals surface area contributed by atoms with Gasteiger partial charge in [-0.3, -0.25) is 19.3 Å². The van der Waals surface area contributed by atoms with Crippen molar-refractivity contribution >= 4 is 35.2 Å². The second-order valence-corrected chi connectivity index (χ2v) is 5.10. The van der Waals surface area contributed by atoms with Crippen LogP contribution in [0.2, 0.25) is 0 Å².